The summed E-state index contributed by atoms with van der Waals surface area (Å²) in [5.74, 6) is 2.01. The van der Waals surface area contributed by atoms with Crippen molar-refractivity contribution in [2.24, 2.45) is 0 Å². The number of rotatable bonds is 4. The first kappa shape index (κ1) is 10.9. The van der Waals surface area contributed by atoms with E-state index in [-0.39, 0.29) is 0 Å². The molecule has 0 bridgehead atoms. The molecule has 0 radical (unpaired) electrons. The molecule has 1 unspecified atom stereocenters. The summed E-state index contributed by atoms with van der Waals surface area (Å²) in [5, 5.41) is 3.51. The van der Waals surface area contributed by atoms with Crippen LogP contribution in [0.5, 0.6) is 11.5 Å². The van der Waals surface area contributed by atoms with E-state index in [9.17, 15) is 0 Å². The van der Waals surface area contributed by atoms with Gasteiger partial charge in [0.05, 0.1) is 7.11 Å². The van der Waals surface area contributed by atoms with Crippen LogP contribution in [0.25, 0.3) is 0 Å². The molecule has 1 heterocycles. The molecule has 0 saturated heterocycles. The molecule has 0 amide bonds. The molecular weight excluding hydrogens is 214 g/mol. The molecule has 1 atom stereocenters. The van der Waals surface area contributed by atoms with Crippen molar-refractivity contribution in [3.8, 4) is 11.5 Å². The minimum absolute atomic E-state index is 0.293. The maximum Gasteiger partial charge on any atom is 0.123 e. The Hall–Kier alpha value is -1.22. The lowest BCUT2D eigenvalue weighted by Gasteiger charge is -2.11. The third-order valence-electron chi connectivity index (χ3n) is 3.46. The minimum Gasteiger partial charge on any atom is -0.496 e. The highest BCUT2D eigenvalue weighted by Crippen LogP contribution is 2.35. The zero-order valence-electron chi connectivity index (χ0n) is 10.5. The van der Waals surface area contributed by atoms with Gasteiger partial charge in [-0.2, -0.15) is 0 Å². The second-order valence-electron chi connectivity index (χ2n) is 5.06. The van der Waals surface area contributed by atoms with Gasteiger partial charge in [0.2, 0.25) is 0 Å². The van der Waals surface area contributed by atoms with Gasteiger partial charge in [0.15, 0.2) is 0 Å². The van der Waals surface area contributed by atoms with Gasteiger partial charge in [0.25, 0.3) is 0 Å². The molecule has 1 fully saturated rings. The lowest BCUT2D eigenvalue weighted by atomic mass is 10.1. The molecule has 92 valence electrons. The largest absolute Gasteiger partial charge is 0.496 e. The van der Waals surface area contributed by atoms with Gasteiger partial charge in [-0.1, -0.05) is 0 Å². The molecule has 2 aliphatic rings. The number of hydrogen-bond donors (Lipinski definition) is 1. The van der Waals surface area contributed by atoms with Crippen LogP contribution in [-0.2, 0) is 13.0 Å². The van der Waals surface area contributed by atoms with E-state index in [1.165, 1.54) is 24.0 Å². The van der Waals surface area contributed by atoms with Crippen LogP contribution in [0.2, 0.25) is 0 Å². The van der Waals surface area contributed by atoms with E-state index in [0.717, 1.165) is 24.5 Å². The molecule has 1 saturated carbocycles. The van der Waals surface area contributed by atoms with Crippen LogP contribution < -0.4 is 14.8 Å². The molecule has 3 heteroatoms. The fourth-order valence-electron chi connectivity index (χ4n) is 2.35. The van der Waals surface area contributed by atoms with Gasteiger partial charge in [0.1, 0.15) is 17.6 Å². The average Bonchev–Trinajstić information content (AvgIpc) is 3.06. The topological polar surface area (TPSA) is 30.5 Å². The van der Waals surface area contributed by atoms with E-state index in [4.69, 9.17) is 9.47 Å². The number of benzene rings is 1. The lowest BCUT2D eigenvalue weighted by molar-refractivity contribution is 0.254. The SMILES string of the molecule is COc1cc2c(cc1CNC1CC1)OC(C)C2. The van der Waals surface area contributed by atoms with Crippen molar-refractivity contribution in [1.82, 2.24) is 5.32 Å². The number of ether oxygens (including phenoxy) is 2. The molecule has 3 rings (SSSR count). The molecule has 1 N–H and O–H groups in total. The Balaban J connectivity index is 1.83. The van der Waals surface area contributed by atoms with Gasteiger partial charge in [-0.05, 0) is 31.9 Å². The van der Waals surface area contributed by atoms with Gasteiger partial charge in [-0.15, -0.1) is 0 Å². The number of nitrogens with one attached hydrogen (secondary N) is 1. The Morgan fingerprint density at radius 2 is 2.24 bits per heavy atom. The molecule has 0 spiro atoms. The van der Waals surface area contributed by atoms with E-state index < -0.39 is 0 Å². The van der Waals surface area contributed by atoms with E-state index in [1.54, 1.807) is 7.11 Å². The van der Waals surface area contributed by atoms with Crippen molar-refractivity contribution in [3.05, 3.63) is 23.3 Å². The van der Waals surface area contributed by atoms with Crippen molar-refractivity contribution >= 4 is 0 Å². The summed E-state index contributed by atoms with van der Waals surface area (Å²) >= 11 is 0. The highest BCUT2D eigenvalue weighted by molar-refractivity contribution is 5.48. The smallest absolute Gasteiger partial charge is 0.123 e. The Labute approximate surface area is 102 Å². The van der Waals surface area contributed by atoms with E-state index in [0.29, 0.717) is 12.1 Å². The van der Waals surface area contributed by atoms with Crippen molar-refractivity contribution in [2.45, 2.75) is 44.9 Å². The fraction of sp³-hybridized carbons (Fsp3) is 0.571. The summed E-state index contributed by atoms with van der Waals surface area (Å²) in [7, 11) is 1.74. The third kappa shape index (κ3) is 2.25. The molecule has 0 aromatic heterocycles. The third-order valence-corrected chi connectivity index (χ3v) is 3.46. The Bertz CT molecular complexity index is 426. The molecule has 1 aromatic carbocycles. The summed E-state index contributed by atoms with van der Waals surface area (Å²) < 4.78 is 11.2. The van der Waals surface area contributed by atoms with Crippen LogP contribution in [-0.4, -0.2) is 19.3 Å². The van der Waals surface area contributed by atoms with E-state index in [2.05, 4.69) is 24.4 Å². The maximum atomic E-state index is 5.79. The van der Waals surface area contributed by atoms with Gasteiger partial charge in [-0.25, -0.2) is 0 Å². The Morgan fingerprint density at radius 1 is 1.41 bits per heavy atom. The lowest BCUT2D eigenvalue weighted by Crippen LogP contribution is -2.16. The molecule has 3 nitrogen and oxygen atoms in total. The predicted molar refractivity (Wildman–Crippen MR) is 66.6 cm³/mol. The van der Waals surface area contributed by atoms with Gasteiger partial charge in [-0.3, -0.25) is 0 Å². The van der Waals surface area contributed by atoms with Crippen LogP contribution >= 0.6 is 0 Å². The fourth-order valence-corrected chi connectivity index (χ4v) is 2.35. The summed E-state index contributed by atoms with van der Waals surface area (Å²) in [6.07, 6.45) is 3.89. The number of fused-ring (bicyclic) bond motifs is 1. The van der Waals surface area contributed by atoms with Gasteiger partial charge < -0.3 is 14.8 Å². The molecule has 1 aromatic rings. The van der Waals surface area contributed by atoms with Crippen LogP contribution in [0.4, 0.5) is 0 Å². The summed E-state index contributed by atoms with van der Waals surface area (Å²) in [6.45, 7) is 2.98. The summed E-state index contributed by atoms with van der Waals surface area (Å²) in [5.41, 5.74) is 2.47. The standard InChI is InChI=1S/C14H19NO2/c1-9-5-10-6-13(16-2)11(7-14(10)17-9)8-15-12-3-4-12/h6-7,9,12,15H,3-5,8H2,1-2H3. The average molecular weight is 233 g/mol. The molecule has 17 heavy (non-hydrogen) atoms. The normalized spacial score (nSPS) is 22.1. The Kier molecular flexibility index (Phi) is 2.71. The first-order chi connectivity index (χ1) is 8.26. The second-order valence-corrected chi connectivity index (χ2v) is 5.06. The van der Waals surface area contributed by atoms with Gasteiger partial charge in [0, 0.05) is 30.1 Å². The highest BCUT2D eigenvalue weighted by Gasteiger charge is 2.24. The minimum atomic E-state index is 0.293. The van der Waals surface area contributed by atoms with Crippen LogP contribution in [0.15, 0.2) is 12.1 Å². The quantitative estimate of drug-likeness (QED) is 0.865. The number of methoxy groups -OCH3 is 1. The monoisotopic (exact) mass is 233 g/mol. The predicted octanol–water partition coefficient (Wildman–Crippen LogP) is 2.27. The molecule has 1 aliphatic carbocycles. The van der Waals surface area contributed by atoms with Crippen molar-refractivity contribution < 1.29 is 9.47 Å². The van der Waals surface area contributed by atoms with E-state index in [1.807, 2.05) is 0 Å². The van der Waals surface area contributed by atoms with Crippen molar-refractivity contribution in [3.63, 3.8) is 0 Å². The zero-order chi connectivity index (χ0) is 11.8. The number of hydrogen-bond acceptors (Lipinski definition) is 3. The zero-order valence-corrected chi connectivity index (χ0v) is 10.5. The van der Waals surface area contributed by atoms with E-state index >= 15 is 0 Å². The Morgan fingerprint density at radius 3 is 2.94 bits per heavy atom. The van der Waals surface area contributed by atoms with Crippen LogP contribution in [0.3, 0.4) is 0 Å². The highest BCUT2D eigenvalue weighted by atomic mass is 16.5. The molecular formula is C14H19NO2. The van der Waals surface area contributed by atoms with Crippen molar-refractivity contribution in [2.75, 3.05) is 7.11 Å². The molecule has 1 aliphatic heterocycles. The first-order valence-corrected chi connectivity index (χ1v) is 6.36. The van der Waals surface area contributed by atoms with Gasteiger partial charge >= 0.3 is 0 Å². The van der Waals surface area contributed by atoms with Crippen LogP contribution in [0.1, 0.15) is 30.9 Å². The summed E-state index contributed by atoms with van der Waals surface area (Å²) in [6, 6.07) is 4.98. The maximum absolute atomic E-state index is 5.79. The summed E-state index contributed by atoms with van der Waals surface area (Å²) in [4.78, 5) is 0. The first-order valence-electron chi connectivity index (χ1n) is 6.36. The van der Waals surface area contributed by atoms with Crippen molar-refractivity contribution in [1.29, 1.82) is 0 Å². The van der Waals surface area contributed by atoms with Crippen LogP contribution in [0, 0.1) is 0 Å². The second kappa shape index (κ2) is 4.22.